The van der Waals surface area contributed by atoms with Gasteiger partial charge in [-0.3, -0.25) is 4.90 Å². The van der Waals surface area contributed by atoms with Crippen molar-refractivity contribution in [1.82, 2.24) is 4.90 Å². The fourth-order valence-corrected chi connectivity index (χ4v) is 4.37. The molecule has 0 aliphatic carbocycles. The second-order valence-corrected chi connectivity index (χ2v) is 8.55. The molecular formula is C25H30N2O2. The van der Waals surface area contributed by atoms with Crippen molar-refractivity contribution >= 4 is 16.7 Å². The van der Waals surface area contributed by atoms with E-state index in [1.807, 2.05) is 6.07 Å². The molecule has 4 heteroatoms. The van der Waals surface area contributed by atoms with Crippen molar-refractivity contribution in [3.8, 4) is 0 Å². The average Bonchev–Trinajstić information content (AvgIpc) is 2.67. The van der Waals surface area contributed by atoms with Gasteiger partial charge in [0, 0.05) is 49.9 Å². The number of aryl methyl sites for hydroxylation is 2. The van der Waals surface area contributed by atoms with Crippen LogP contribution >= 0.6 is 0 Å². The van der Waals surface area contributed by atoms with Crippen LogP contribution < -0.4 is 10.5 Å². The number of piperazine rings is 1. The zero-order chi connectivity index (χ0) is 20.5. The first-order valence-electron chi connectivity index (χ1n) is 10.5. The van der Waals surface area contributed by atoms with Gasteiger partial charge >= 0.3 is 5.63 Å². The minimum Gasteiger partial charge on any atom is -0.423 e. The molecule has 0 bridgehead atoms. The highest BCUT2D eigenvalue weighted by Crippen LogP contribution is 2.28. The fraction of sp³-hybridized carbons (Fsp3) is 0.400. The molecule has 3 aromatic rings. The molecule has 2 aromatic carbocycles. The maximum atomic E-state index is 12.2. The second kappa shape index (κ2) is 8.03. The van der Waals surface area contributed by atoms with E-state index in [0.717, 1.165) is 43.7 Å². The van der Waals surface area contributed by atoms with E-state index in [1.165, 1.54) is 22.4 Å². The minimum absolute atomic E-state index is 0.261. The van der Waals surface area contributed by atoms with Gasteiger partial charge in [0.2, 0.25) is 0 Å². The van der Waals surface area contributed by atoms with Crippen molar-refractivity contribution in [2.24, 2.45) is 0 Å². The van der Waals surface area contributed by atoms with Crippen LogP contribution in [0.3, 0.4) is 0 Å². The molecule has 1 saturated heterocycles. The lowest BCUT2D eigenvalue weighted by Crippen LogP contribution is -2.46. The Hall–Kier alpha value is -2.59. The molecule has 1 aliphatic heterocycles. The summed E-state index contributed by atoms with van der Waals surface area (Å²) in [6.45, 7) is 13.4. The van der Waals surface area contributed by atoms with Gasteiger partial charge in [0.15, 0.2) is 0 Å². The monoisotopic (exact) mass is 390 g/mol. The van der Waals surface area contributed by atoms with E-state index in [2.05, 4.69) is 67.8 Å². The van der Waals surface area contributed by atoms with E-state index in [1.54, 1.807) is 6.07 Å². The van der Waals surface area contributed by atoms with Gasteiger partial charge < -0.3 is 9.32 Å². The first-order valence-corrected chi connectivity index (χ1v) is 10.5. The van der Waals surface area contributed by atoms with Crippen LogP contribution in [-0.2, 0) is 6.54 Å². The normalized spacial score (nSPS) is 15.4. The summed E-state index contributed by atoms with van der Waals surface area (Å²) < 4.78 is 5.51. The Kier molecular flexibility index (Phi) is 5.46. The van der Waals surface area contributed by atoms with Crippen molar-refractivity contribution < 1.29 is 4.42 Å². The number of anilines is 1. The van der Waals surface area contributed by atoms with Crippen molar-refractivity contribution in [3.63, 3.8) is 0 Å². The smallest absolute Gasteiger partial charge is 0.336 e. The molecule has 2 heterocycles. The van der Waals surface area contributed by atoms with Crippen LogP contribution in [0, 0.1) is 13.8 Å². The van der Waals surface area contributed by atoms with Crippen LogP contribution in [-0.4, -0.2) is 31.1 Å². The van der Waals surface area contributed by atoms with E-state index in [4.69, 9.17) is 4.42 Å². The summed E-state index contributed by atoms with van der Waals surface area (Å²) in [6.07, 6.45) is 0. The number of rotatable bonds is 4. The third-order valence-corrected chi connectivity index (χ3v) is 5.97. The molecule has 1 aliphatic rings. The predicted molar refractivity (Wildman–Crippen MR) is 120 cm³/mol. The molecule has 0 saturated carbocycles. The molecule has 0 radical (unpaired) electrons. The Bertz CT molecular complexity index is 1080. The van der Waals surface area contributed by atoms with Gasteiger partial charge in [0.25, 0.3) is 0 Å². The lowest BCUT2D eigenvalue weighted by Gasteiger charge is -2.36. The lowest BCUT2D eigenvalue weighted by atomic mass is 9.95. The third kappa shape index (κ3) is 4.23. The molecule has 4 rings (SSSR count). The molecular weight excluding hydrogens is 360 g/mol. The fourth-order valence-electron chi connectivity index (χ4n) is 4.37. The number of benzene rings is 2. The van der Waals surface area contributed by atoms with Crippen molar-refractivity contribution in [3.05, 3.63) is 75.1 Å². The van der Waals surface area contributed by atoms with Crippen LogP contribution in [0.25, 0.3) is 11.0 Å². The summed E-state index contributed by atoms with van der Waals surface area (Å²) >= 11 is 0. The summed E-state index contributed by atoms with van der Waals surface area (Å²) in [5.74, 6) is 0.442. The van der Waals surface area contributed by atoms with Gasteiger partial charge in [0.05, 0.1) is 0 Å². The minimum atomic E-state index is -0.261. The molecule has 1 aromatic heterocycles. The van der Waals surface area contributed by atoms with E-state index < -0.39 is 0 Å². The summed E-state index contributed by atoms with van der Waals surface area (Å²) in [5.41, 5.74) is 6.60. The molecule has 1 fully saturated rings. The number of hydrogen-bond donors (Lipinski definition) is 0. The Balaban J connectivity index is 1.55. The summed E-state index contributed by atoms with van der Waals surface area (Å²) in [5, 5.41) is 1.07. The van der Waals surface area contributed by atoms with Crippen LogP contribution in [0.1, 0.15) is 42.0 Å². The Morgan fingerprint density at radius 3 is 2.45 bits per heavy atom. The first kappa shape index (κ1) is 19.7. The molecule has 0 atom stereocenters. The third-order valence-electron chi connectivity index (χ3n) is 5.97. The molecule has 0 unspecified atom stereocenters. The highest BCUT2D eigenvalue weighted by Gasteiger charge is 2.19. The Morgan fingerprint density at radius 1 is 1.00 bits per heavy atom. The van der Waals surface area contributed by atoms with Crippen molar-refractivity contribution in [2.45, 2.75) is 40.2 Å². The quantitative estimate of drug-likeness (QED) is 0.597. The number of fused-ring (bicyclic) bond motifs is 1. The van der Waals surface area contributed by atoms with E-state index in [0.29, 0.717) is 11.5 Å². The van der Waals surface area contributed by atoms with Crippen molar-refractivity contribution in [2.75, 3.05) is 31.1 Å². The maximum absolute atomic E-state index is 12.2. The first-order chi connectivity index (χ1) is 13.9. The van der Waals surface area contributed by atoms with Crippen LogP contribution in [0.2, 0.25) is 0 Å². The van der Waals surface area contributed by atoms with Gasteiger partial charge in [-0.05, 0) is 66.3 Å². The predicted octanol–water partition coefficient (Wildman–Crippen LogP) is 4.86. The maximum Gasteiger partial charge on any atom is 0.336 e. The molecule has 29 heavy (non-hydrogen) atoms. The van der Waals surface area contributed by atoms with E-state index >= 15 is 0 Å². The van der Waals surface area contributed by atoms with Gasteiger partial charge in [-0.15, -0.1) is 0 Å². The number of hydrogen-bond acceptors (Lipinski definition) is 4. The average molecular weight is 391 g/mol. The molecule has 152 valence electrons. The van der Waals surface area contributed by atoms with Crippen molar-refractivity contribution in [1.29, 1.82) is 0 Å². The summed E-state index contributed by atoms with van der Waals surface area (Å²) in [7, 11) is 0. The van der Waals surface area contributed by atoms with Gasteiger partial charge in [-0.2, -0.15) is 0 Å². The highest BCUT2D eigenvalue weighted by atomic mass is 16.4. The molecule has 4 nitrogen and oxygen atoms in total. The summed E-state index contributed by atoms with van der Waals surface area (Å²) in [6, 6.07) is 14.6. The highest BCUT2D eigenvalue weighted by molar-refractivity contribution is 5.82. The largest absolute Gasteiger partial charge is 0.423 e. The molecule has 0 amide bonds. The summed E-state index contributed by atoms with van der Waals surface area (Å²) in [4.78, 5) is 17.0. The Morgan fingerprint density at radius 2 is 1.76 bits per heavy atom. The van der Waals surface area contributed by atoms with Crippen LogP contribution in [0.15, 0.2) is 51.7 Å². The SMILES string of the molecule is Cc1cccc(N2CCN(Cc3cc(=O)oc4cc(C)c(C(C)C)cc34)CC2)c1. The van der Waals surface area contributed by atoms with Gasteiger partial charge in [-0.1, -0.05) is 26.0 Å². The zero-order valence-electron chi connectivity index (χ0n) is 17.9. The molecule has 0 N–H and O–H groups in total. The van der Waals surface area contributed by atoms with Crippen LogP contribution in [0.5, 0.6) is 0 Å². The van der Waals surface area contributed by atoms with Gasteiger partial charge in [-0.25, -0.2) is 4.79 Å². The van der Waals surface area contributed by atoms with E-state index in [-0.39, 0.29) is 5.63 Å². The molecule has 0 spiro atoms. The topological polar surface area (TPSA) is 36.7 Å². The second-order valence-electron chi connectivity index (χ2n) is 8.55. The zero-order valence-corrected chi connectivity index (χ0v) is 17.9. The standard InChI is InChI=1S/C25H30N2O2/c1-17(2)22-15-23-20(14-25(28)29-24(23)13-19(22)4)16-26-8-10-27(11-9-26)21-7-5-6-18(3)12-21/h5-7,12-15,17H,8-11,16H2,1-4H3. The lowest BCUT2D eigenvalue weighted by molar-refractivity contribution is 0.250. The van der Waals surface area contributed by atoms with Crippen LogP contribution in [0.4, 0.5) is 5.69 Å². The van der Waals surface area contributed by atoms with E-state index in [9.17, 15) is 4.79 Å². The van der Waals surface area contributed by atoms with Gasteiger partial charge in [0.1, 0.15) is 5.58 Å². The number of nitrogens with zero attached hydrogens (tertiary/aromatic N) is 2. The Labute approximate surface area is 172 Å².